The molecule has 0 heterocycles. The Hall–Kier alpha value is -0.220. The Morgan fingerprint density at radius 2 is 2.11 bits per heavy atom. The predicted octanol–water partition coefficient (Wildman–Crippen LogP) is 3.09. The second-order valence-corrected chi connectivity index (χ2v) is 6.86. The maximum absolute atomic E-state index is 11.5. The van der Waals surface area contributed by atoms with Crippen LogP contribution in [0.3, 0.4) is 0 Å². The Morgan fingerprint density at radius 1 is 1.37 bits per heavy atom. The van der Waals surface area contributed by atoms with E-state index in [9.17, 15) is 4.79 Å². The molecule has 1 saturated carbocycles. The summed E-state index contributed by atoms with van der Waals surface area (Å²) in [6, 6.07) is 0.555. The SMILES string of the molecule is CCNC1CCC(C(C)C)CC1SCC(=O)OCC. The molecule has 0 aromatic carbocycles. The lowest BCUT2D eigenvalue weighted by Crippen LogP contribution is -2.43. The van der Waals surface area contributed by atoms with Crippen LogP contribution in [0.2, 0.25) is 0 Å². The van der Waals surface area contributed by atoms with Crippen LogP contribution in [0.15, 0.2) is 0 Å². The molecule has 1 fully saturated rings. The number of hydrogen-bond donors (Lipinski definition) is 1. The van der Waals surface area contributed by atoms with Gasteiger partial charge in [0.15, 0.2) is 0 Å². The molecule has 0 aromatic rings. The Morgan fingerprint density at radius 3 is 2.68 bits per heavy atom. The van der Waals surface area contributed by atoms with Gasteiger partial charge in [0.2, 0.25) is 0 Å². The topological polar surface area (TPSA) is 38.3 Å². The molecular weight excluding hydrogens is 258 g/mol. The van der Waals surface area contributed by atoms with E-state index in [1.165, 1.54) is 19.3 Å². The molecule has 1 rings (SSSR count). The first-order chi connectivity index (χ1) is 9.08. The summed E-state index contributed by atoms with van der Waals surface area (Å²) in [6.07, 6.45) is 3.77. The van der Waals surface area contributed by atoms with Gasteiger partial charge in [0, 0.05) is 11.3 Å². The predicted molar refractivity (Wildman–Crippen MR) is 82.5 cm³/mol. The van der Waals surface area contributed by atoms with E-state index in [-0.39, 0.29) is 5.97 Å². The Balaban J connectivity index is 2.49. The van der Waals surface area contributed by atoms with Crippen LogP contribution < -0.4 is 5.32 Å². The fourth-order valence-corrected chi connectivity index (χ4v) is 4.10. The van der Waals surface area contributed by atoms with E-state index in [1.54, 1.807) is 11.8 Å². The Bertz CT molecular complexity index is 271. The first-order valence-corrected chi connectivity index (χ1v) is 8.63. The lowest BCUT2D eigenvalue weighted by atomic mass is 9.79. The van der Waals surface area contributed by atoms with Crippen molar-refractivity contribution in [3.63, 3.8) is 0 Å². The van der Waals surface area contributed by atoms with E-state index in [2.05, 4.69) is 26.1 Å². The molecule has 0 bridgehead atoms. The number of thioether (sulfide) groups is 1. The van der Waals surface area contributed by atoms with E-state index >= 15 is 0 Å². The Labute approximate surface area is 122 Å². The minimum atomic E-state index is -0.0746. The van der Waals surface area contributed by atoms with Crippen molar-refractivity contribution in [3.8, 4) is 0 Å². The number of esters is 1. The van der Waals surface area contributed by atoms with Gasteiger partial charge in [-0.15, -0.1) is 11.8 Å². The quantitative estimate of drug-likeness (QED) is 0.730. The van der Waals surface area contributed by atoms with Gasteiger partial charge in [0.25, 0.3) is 0 Å². The monoisotopic (exact) mass is 287 g/mol. The average molecular weight is 287 g/mol. The molecule has 0 amide bonds. The van der Waals surface area contributed by atoms with Gasteiger partial charge in [-0.25, -0.2) is 0 Å². The van der Waals surface area contributed by atoms with Crippen molar-refractivity contribution in [2.45, 2.75) is 58.2 Å². The highest BCUT2D eigenvalue weighted by Crippen LogP contribution is 2.36. The summed E-state index contributed by atoms with van der Waals surface area (Å²) in [6.45, 7) is 10.1. The van der Waals surface area contributed by atoms with Crippen LogP contribution >= 0.6 is 11.8 Å². The van der Waals surface area contributed by atoms with E-state index in [4.69, 9.17) is 4.74 Å². The second kappa shape index (κ2) is 8.85. The van der Waals surface area contributed by atoms with Gasteiger partial charge < -0.3 is 10.1 Å². The molecule has 0 saturated heterocycles. The molecule has 0 aliphatic heterocycles. The zero-order chi connectivity index (χ0) is 14.3. The van der Waals surface area contributed by atoms with Gasteiger partial charge in [-0.2, -0.15) is 0 Å². The third kappa shape index (κ3) is 5.74. The third-order valence-corrected chi connectivity index (χ3v) is 5.31. The van der Waals surface area contributed by atoms with Crippen molar-refractivity contribution in [3.05, 3.63) is 0 Å². The highest BCUT2D eigenvalue weighted by atomic mass is 32.2. The van der Waals surface area contributed by atoms with Crippen LogP contribution in [0.4, 0.5) is 0 Å². The molecule has 3 unspecified atom stereocenters. The molecule has 0 aromatic heterocycles. The summed E-state index contributed by atoms with van der Waals surface area (Å²) in [7, 11) is 0. The van der Waals surface area contributed by atoms with Crippen LogP contribution in [0, 0.1) is 11.8 Å². The van der Waals surface area contributed by atoms with Gasteiger partial charge in [-0.3, -0.25) is 4.79 Å². The normalized spacial score (nSPS) is 27.5. The van der Waals surface area contributed by atoms with Crippen molar-refractivity contribution >= 4 is 17.7 Å². The average Bonchev–Trinajstić information content (AvgIpc) is 2.38. The summed E-state index contributed by atoms with van der Waals surface area (Å²) in [4.78, 5) is 11.5. The maximum Gasteiger partial charge on any atom is 0.315 e. The third-order valence-electron chi connectivity index (χ3n) is 3.96. The summed E-state index contributed by atoms with van der Waals surface area (Å²) in [5.74, 6) is 1.96. The highest BCUT2D eigenvalue weighted by Gasteiger charge is 2.32. The summed E-state index contributed by atoms with van der Waals surface area (Å²) in [5, 5.41) is 4.12. The van der Waals surface area contributed by atoms with Crippen molar-refractivity contribution in [1.82, 2.24) is 5.32 Å². The molecule has 3 nitrogen and oxygen atoms in total. The van der Waals surface area contributed by atoms with E-state index in [0.717, 1.165) is 18.4 Å². The fourth-order valence-electron chi connectivity index (χ4n) is 2.82. The maximum atomic E-state index is 11.5. The summed E-state index contributed by atoms with van der Waals surface area (Å²) in [5.41, 5.74) is 0. The van der Waals surface area contributed by atoms with Crippen molar-refractivity contribution in [1.29, 1.82) is 0 Å². The summed E-state index contributed by atoms with van der Waals surface area (Å²) < 4.78 is 5.02. The largest absolute Gasteiger partial charge is 0.465 e. The number of rotatable bonds is 7. The number of nitrogens with one attached hydrogen (secondary N) is 1. The van der Waals surface area contributed by atoms with E-state index in [0.29, 0.717) is 23.7 Å². The number of hydrogen-bond acceptors (Lipinski definition) is 4. The molecule has 1 N–H and O–H groups in total. The molecule has 0 spiro atoms. The van der Waals surface area contributed by atoms with Gasteiger partial charge in [0.05, 0.1) is 12.4 Å². The van der Waals surface area contributed by atoms with Gasteiger partial charge in [0.1, 0.15) is 0 Å². The van der Waals surface area contributed by atoms with Gasteiger partial charge >= 0.3 is 5.97 Å². The van der Waals surface area contributed by atoms with Gasteiger partial charge in [-0.1, -0.05) is 20.8 Å². The van der Waals surface area contributed by atoms with Crippen molar-refractivity contribution in [2.75, 3.05) is 18.9 Å². The number of ether oxygens (including phenoxy) is 1. The van der Waals surface area contributed by atoms with Crippen LogP contribution in [0.25, 0.3) is 0 Å². The molecule has 4 heteroatoms. The smallest absolute Gasteiger partial charge is 0.315 e. The second-order valence-electron chi connectivity index (χ2n) is 5.64. The molecule has 112 valence electrons. The fraction of sp³-hybridized carbons (Fsp3) is 0.933. The standard InChI is InChI=1S/C15H29NO2S/c1-5-16-13-8-7-12(11(3)4)9-14(13)19-10-15(17)18-6-2/h11-14,16H,5-10H2,1-4H3. The highest BCUT2D eigenvalue weighted by molar-refractivity contribution is 8.00. The van der Waals surface area contributed by atoms with Crippen LogP contribution in [-0.4, -0.2) is 36.2 Å². The number of carbonyl (C=O) groups is 1. The summed E-state index contributed by atoms with van der Waals surface area (Å²) >= 11 is 1.78. The van der Waals surface area contributed by atoms with Crippen LogP contribution in [0.1, 0.15) is 47.0 Å². The van der Waals surface area contributed by atoms with E-state index < -0.39 is 0 Å². The first kappa shape index (κ1) is 16.8. The lowest BCUT2D eigenvalue weighted by Gasteiger charge is -2.37. The van der Waals surface area contributed by atoms with E-state index in [1.807, 2.05) is 6.92 Å². The molecule has 3 atom stereocenters. The minimum Gasteiger partial charge on any atom is -0.465 e. The first-order valence-electron chi connectivity index (χ1n) is 7.59. The molecule has 19 heavy (non-hydrogen) atoms. The number of carbonyl (C=O) groups excluding carboxylic acids is 1. The lowest BCUT2D eigenvalue weighted by molar-refractivity contribution is -0.139. The molecule has 1 aliphatic carbocycles. The van der Waals surface area contributed by atoms with Crippen molar-refractivity contribution < 1.29 is 9.53 Å². The zero-order valence-electron chi connectivity index (χ0n) is 12.8. The molecule has 1 aliphatic rings. The molecule has 0 radical (unpaired) electrons. The molecular formula is C15H29NO2S. The van der Waals surface area contributed by atoms with Gasteiger partial charge in [-0.05, 0) is 44.6 Å². The Kier molecular flexibility index (Phi) is 7.84. The zero-order valence-corrected chi connectivity index (χ0v) is 13.6. The van der Waals surface area contributed by atoms with Crippen LogP contribution in [0.5, 0.6) is 0 Å². The van der Waals surface area contributed by atoms with Crippen LogP contribution in [-0.2, 0) is 9.53 Å². The minimum absolute atomic E-state index is 0.0746. The van der Waals surface area contributed by atoms with Crippen molar-refractivity contribution in [2.24, 2.45) is 11.8 Å².